The Balaban J connectivity index is 4.68. The Kier molecular flexibility index (Phi) is 12.1. The number of aliphatic hydroxyl groups is 2. The van der Waals surface area contributed by atoms with Crippen LogP contribution in [0.25, 0.3) is 0 Å². The van der Waals surface area contributed by atoms with Crippen LogP contribution in [0.1, 0.15) is 86.0 Å². The van der Waals surface area contributed by atoms with Crippen LogP contribution in [0.4, 0.5) is 0 Å². The summed E-state index contributed by atoms with van der Waals surface area (Å²) >= 11 is 0. The van der Waals surface area contributed by atoms with Gasteiger partial charge in [0.15, 0.2) is 0 Å². The van der Waals surface area contributed by atoms with Gasteiger partial charge in [0.25, 0.3) is 0 Å². The molecule has 0 aliphatic rings. The van der Waals surface area contributed by atoms with Gasteiger partial charge in [0.2, 0.25) is 0 Å². The van der Waals surface area contributed by atoms with Gasteiger partial charge in [-0.25, -0.2) is 8.93 Å². The molecule has 24 heavy (non-hydrogen) atoms. The van der Waals surface area contributed by atoms with Crippen molar-refractivity contribution < 1.29 is 14.4 Å². The van der Waals surface area contributed by atoms with E-state index in [9.17, 15) is 14.4 Å². The van der Waals surface area contributed by atoms with Gasteiger partial charge >= 0.3 is 0 Å². The van der Waals surface area contributed by atoms with Crippen molar-refractivity contribution in [1.82, 2.24) is 4.72 Å². The molecular formula is C19H39NO3S. The topological polar surface area (TPSA) is 69.6 Å². The van der Waals surface area contributed by atoms with Crippen molar-refractivity contribution in [1.29, 1.82) is 0 Å². The van der Waals surface area contributed by atoms with Crippen molar-refractivity contribution in [3.05, 3.63) is 12.2 Å². The first-order valence-corrected chi connectivity index (χ1v) is 10.5. The first-order valence-electron chi connectivity index (χ1n) is 9.39. The van der Waals surface area contributed by atoms with E-state index in [1.807, 2.05) is 20.8 Å². The maximum absolute atomic E-state index is 12.1. The second kappa shape index (κ2) is 12.2. The standard InChI is InChI=1S/C19H39NO3S/c1-6-8-9-10-11-14-19(22,13-7-2)15-12-17(16-21)20-24(23)18(3,4)5/h12,15,17,20-22H,6-11,13-14,16H2,1-5H3. The van der Waals surface area contributed by atoms with Gasteiger partial charge in [0.05, 0.1) is 34.0 Å². The monoisotopic (exact) mass is 361 g/mol. The van der Waals surface area contributed by atoms with Crippen molar-refractivity contribution in [3.8, 4) is 0 Å². The SMILES string of the molecule is CCCCCCCC(O)(C=CC(CO)NS(=O)C(C)(C)C)CCC. The fourth-order valence-electron chi connectivity index (χ4n) is 2.51. The van der Waals surface area contributed by atoms with Crippen LogP contribution in [0.5, 0.6) is 0 Å². The zero-order valence-corrected chi connectivity index (χ0v) is 17.1. The predicted octanol–water partition coefficient (Wildman–Crippen LogP) is 3.85. The summed E-state index contributed by atoms with van der Waals surface area (Å²) in [6.07, 6.45) is 11.7. The zero-order chi connectivity index (χ0) is 18.6. The zero-order valence-electron chi connectivity index (χ0n) is 16.3. The van der Waals surface area contributed by atoms with Crippen LogP contribution < -0.4 is 4.72 Å². The summed E-state index contributed by atoms with van der Waals surface area (Å²) < 4.78 is 14.7. The van der Waals surface area contributed by atoms with E-state index >= 15 is 0 Å². The minimum atomic E-state index is -1.25. The van der Waals surface area contributed by atoms with Crippen LogP contribution in [0.15, 0.2) is 12.2 Å². The molecular weight excluding hydrogens is 322 g/mol. The molecule has 0 spiro atoms. The summed E-state index contributed by atoms with van der Waals surface area (Å²) in [7, 11) is -1.25. The minimum absolute atomic E-state index is 0.142. The van der Waals surface area contributed by atoms with Gasteiger partial charge in [-0.3, -0.25) is 0 Å². The fourth-order valence-corrected chi connectivity index (χ4v) is 3.29. The third-order valence-corrected chi connectivity index (χ3v) is 5.68. The quantitative estimate of drug-likeness (QED) is 0.345. The Morgan fingerprint density at radius 1 is 1.04 bits per heavy atom. The molecule has 4 nitrogen and oxygen atoms in total. The molecule has 144 valence electrons. The lowest BCUT2D eigenvalue weighted by Crippen LogP contribution is -2.41. The first-order chi connectivity index (χ1) is 11.2. The largest absolute Gasteiger partial charge is 0.394 e. The predicted molar refractivity (Wildman–Crippen MR) is 104 cm³/mol. The normalized spacial score (nSPS) is 17.8. The number of rotatable bonds is 13. The van der Waals surface area contributed by atoms with Crippen molar-refractivity contribution in [2.75, 3.05) is 6.61 Å². The van der Waals surface area contributed by atoms with Gasteiger partial charge < -0.3 is 10.2 Å². The molecule has 0 aliphatic heterocycles. The second-order valence-corrected chi connectivity index (χ2v) is 9.66. The van der Waals surface area contributed by atoms with E-state index in [0.29, 0.717) is 6.42 Å². The smallest absolute Gasteiger partial charge is 0.0976 e. The third kappa shape index (κ3) is 10.6. The highest BCUT2D eigenvalue weighted by Gasteiger charge is 2.24. The van der Waals surface area contributed by atoms with Gasteiger partial charge in [0.1, 0.15) is 0 Å². The van der Waals surface area contributed by atoms with E-state index in [0.717, 1.165) is 25.7 Å². The molecule has 0 rings (SSSR count). The molecule has 0 aliphatic carbocycles. The van der Waals surface area contributed by atoms with Crippen molar-refractivity contribution >= 4 is 11.0 Å². The molecule has 3 atom stereocenters. The Hall–Kier alpha value is -0.230. The molecule has 0 aromatic heterocycles. The summed E-state index contributed by atoms with van der Waals surface area (Å²) in [6, 6.07) is -0.409. The number of hydrogen-bond acceptors (Lipinski definition) is 3. The van der Waals surface area contributed by atoms with Crippen LogP contribution in [0.3, 0.4) is 0 Å². The molecule has 0 saturated carbocycles. The number of unbranched alkanes of at least 4 members (excludes halogenated alkanes) is 4. The van der Waals surface area contributed by atoms with E-state index in [1.54, 1.807) is 12.2 Å². The maximum Gasteiger partial charge on any atom is 0.0976 e. The Morgan fingerprint density at radius 2 is 1.67 bits per heavy atom. The third-order valence-electron chi connectivity index (χ3n) is 4.05. The highest BCUT2D eigenvalue weighted by Crippen LogP contribution is 2.23. The highest BCUT2D eigenvalue weighted by molar-refractivity contribution is 7.84. The van der Waals surface area contributed by atoms with Crippen LogP contribution in [-0.4, -0.2) is 37.4 Å². The molecule has 0 amide bonds. The molecule has 0 radical (unpaired) electrons. The molecule has 0 bridgehead atoms. The van der Waals surface area contributed by atoms with Crippen molar-refractivity contribution in [2.24, 2.45) is 0 Å². The van der Waals surface area contributed by atoms with Crippen LogP contribution >= 0.6 is 0 Å². The molecule has 3 N–H and O–H groups in total. The van der Waals surface area contributed by atoms with E-state index in [-0.39, 0.29) is 11.4 Å². The molecule has 0 aromatic carbocycles. The average Bonchev–Trinajstić information content (AvgIpc) is 2.50. The van der Waals surface area contributed by atoms with Gasteiger partial charge in [0, 0.05) is 0 Å². The van der Waals surface area contributed by atoms with Gasteiger partial charge in [-0.05, 0) is 33.6 Å². The molecule has 0 saturated heterocycles. The fraction of sp³-hybridized carbons (Fsp3) is 0.895. The van der Waals surface area contributed by atoms with E-state index < -0.39 is 22.6 Å². The second-order valence-electron chi connectivity index (χ2n) is 7.66. The number of aliphatic hydroxyl groups excluding tert-OH is 1. The number of hydrogen-bond donors (Lipinski definition) is 3. The van der Waals surface area contributed by atoms with Gasteiger partial charge in [-0.2, -0.15) is 0 Å². The summed E-state index contributed by atoms with van der Waals surface area (Å²) in [6.45, 7) is 9.77. The van der Waals surface area contributed by atoms with Gasteiger partial charge in [-0.1, -0.05) is 64.5 Å². The lowest BCUT2D eigenvalue weighted by atomic mass is 9.90. The van der Waals surface area contributed by atoms with E-state index in [2.05, 4.69) is 18.6 Å². The summed E-state index contributed by atoms with van der Waals surface area (Å²) in [5, 5.41) is 20.3. The minimum Gasteiger partial charge on any atom is -0.394 e. The summed E-state index contributed by atoms with van der Waals surface area (Å²) in [5.74, 6) is 0. The number of nitrogens with one attached hydrogen (secondary N) is 1. The Morgan fingerprint density at radius 3 is 2.17 bits per heavy atom. The van der Waals surface area contributed by atoms with Crippen LogP contribution in [-0.2, 0) is 11.0 Å². The molecule has 5 heteroatoms. The molecule has 0 heterocycles. The summed E-state index contributed by atoms with van der Waals surface area (Å²) in [4.78, 5) is 0. The highest BCUT2D eigenvalue weighted by atomic mass is 32.2. The first kappa shape index (κ1) is 23.8. The maximum atomic E-state index is 12.1. The van der Waals surface area contributed by atoms with E-state index in [4.69, 9.17) is 0 Å². The Labute approximate surface area is 151 Å². The van der Waals surface area contributed by atoms with Crippen LogP contribution in [0, 0.1) is 0 Å². The van der Waals surface area contributed by atoms with Crippen molar-refractivity contribution in [2.45, 2.75) is 102 Å². The van der Waals surface area contributed by atoms with Gasteiger partial charge in [-0.15, -0.1) is 0 Å². The average molecular weight is 362 g/mol. The Bertz CT molecular complexity index is 379. The van der Waals surface area contributed by atoms with Crippen LogP contribution in [0.2, 0.25) is 0 Å². The summed E-state index contributed by atoms with van der Waals surface area (Å²) in [5.41, 5.74) is -0.834. The lowest BCUT2D eigenvalue weighted by Gasteiger charge is -2.26. The van der Waals surface area contributed by atoms with E-state index in [1.165, 1.54) is 19.3 Å². The lowest BCUT2D eigenvalue weighted by molar-refractivity contribution is 0.0678. The molecule has 3 unspecified atom stereocenters. The van der Waals surface area contributed by atoms with Crippen molar-refractivity contribution in [3.63, 3.8) is 0 Å². The molecule has 0 fully saturated rings. The molecule has 0 aromatic rings.